The number of halogens is 1. The number of rotatable bonds is 5. The summed E-state index contributed by atoms with van der Waals surface area (Å²) in [6.45, 7) is 1.96. The SMILES string of the molecule is COc1cccc(N2C(=O)C(Nc3ccc(C)cc3)=C(c3ccc(F)cc3)C2=O)c1. The predicted octanol–water partition coefficient (Wildman–Crippen LogP) is 4.54. The van der Waals surface area contributed by atoms with Gasteiger partial charge in [0.2, 0.25) is 0 Å². The van der Waals surface area contributed by atoms with Crippen molar-refractivity contribution >= 4 is 28.8 Å². The molecule has 0 radical (unpaired) electrons. The minimum absolute atomic E-state index is 0.137. The van der Waals surface area contributed by atoms with E-state index < -0.39 is 17.6 Å². The fourth-order valence-electron chi connectivity index (χ4n) is 3.30. The topological polar surface area (TPSA) is 58.6 Å². The van der Waals surface area contributed by atoms with Gasteiger partial charge in [-0.1, -0.05) is 35.9 Å². The van der Waals surface area contributed by atoms with Gasteiger partial charge in [-0.15, -0.1) is 0 Å². The Morgan fingerprint density at radius 2 is 1.60 bits per heavy atom. The normalized spacial score (nSPS) is 13.8. The number of carbonyl (C=O) groups excluding carboxylic acids is 2. The zero-order chi connectivity index (χ0) is 21.3. The van der Waals surface area contributed by atoms with Gasteiger partial charge >= 0.3 is 0 Å². The zero-order valence-corrected chi connectivity index (χ0v) is 16.5. The highest BCUT2D eigenvalue weighted by Crippen LogP contribution is 2.34. The molecule has 4 rings (SSSR count). The summed E-state index contributed by atoms with van der Waals surface area (Å²) in [5, 5.41) is 3.08. The van der Waals surface area contributed by atoms with E-state index in [4.69, 9.17) is 4.74 Å². The number of nitrogens with zero attached hydrogens (tertiary/aromatic N) is 1. The van der Waals surface area contributed by atoms with Crippen LogP contribution in [0, 0.1) is 12.7 Å². The molecular formula is C24H19FN2O3. The molecule has 5 nitrogen and oxygen atoms in total. The van der Waals surface area contributed by atoms with Gasteiger partial charge in [0.25, 0.3) is 11.8 Å². The highest BCUT2D eigenvalue weighted by atomic mass is 19.1. The first-order valence-electron chi connectivity index (χ1n) is 9.34. The number of hydrogen-bond donors (Lipinski definition) is 1. The average Bonchev–Trinajstić information content (AvgIpc) is 3.00. The van der Waals surface area contributed by atoms with Crippen LogP contribution in [0.15, 0.2) is 78.5 Å². The van der Waals surface area contributed by atoms with Gasteiger partial charge in [-0.25, -0.2) is 9.29 Å². The molecule has 0 aliphatic carbocycles. The maximum absolute atomic E-state index is 13.4. The Morgan fingerprint density at radius 3 is 2.27 bits per heavy atom. The van der Waals surface area contributed by atoms with Crippen molar-refractivity contribution < 1.29 is 18.7 Å². The van der Waals surface area contributed by atoms with Crippen molar-refractivity contribution in [2.75, 3.05) is 17.3 Å². The molecule has 0 atom stereocenters. The summed E-state index contributed by atoms with van der Waals surface area (Å²) in [6.07, 6.45) is 0. The molecule has 1 N–H and O–H groups in total. The number of methoxy groups -OCH3 is 1. The lowest BCUT2D eigenvalue weighted by Crippen LogP contribution is -2.32. The van der Waals surface area contributed by atoms with E-state index in [0.717, 1.165) is 10.5 Å². The standard InChI is InChI=1S/C24H19FN2O3/c1-15-6-12-18(13-7-15)26-22-21(16-8-10-17(25)11-9-16)23(28)27(24(22)29)19-4-3-5-20(14-19)30-2/h3-14,26H,1-2H3. The fraction of sp³-hybridized carbons (Fsp3) is 0.0833. The van der Waals surface area contributed by atoms with Crippen LogP contribution in [0.1, 0.15) is 11.1 Å². The maximum atomic E-state index is 13.4. The summed E-state index contributed by atoms with van der Waals surface area (Å²) in [7, 11) is 1.51. The van der Waals surface area contributed by atoms with Crippen LogP contribution in [0.25, 0.3) is 5.57 Å². The number of ether oxygens (including phenoxy) is 1. The van der Waals surface area contributed by atoms with E-state index in [-0.39, 0.29) is 11.3 Å². The number of aryl methyl sites for hydroxylation is 1. The zero-order valence-electron chi connectivity index (χ0n) is 16.5. The van der Waals surface area contributed by atoms with Gasteiger partial charge < -0.3 is 10.1 Å². The lowest BCUT2D eigenvalue weighted by Gasteiger charge is -2.16. The molecule has 0 fully saturated rings. The molecule has 150 valence electrons. The van der Waals surface area contributed by atoms with Gasteiger partial charge in [-0.05, 0) is 48.9 Å². The van der Waals surface area contributed by atoms with E-state index >= 15 is 0 Å². The Balaban J connectivity index is 1.81. The first-order chi connectivity index (χ1) is 14.5. The van der Waals surface area contributed by atoms with Crippen LogP contribution in [-0.2, 0) is 9.59 Å². The summed E-state index contributed by atoms with van der Waals surface area (Å²) in [5.74, 6) is -0.882. The van der Waals surface area contributed by atoms with Crippen molar-refractivity contribution in [2.45, 2.75) is 6.92 Å². The van der Waals surface area contributed by atoms with Crippen molar-refractivity contribution in [3.8, 4) is 5.75 Å². The largest absolute Gasteiger partial charge is 0.497 e. The number of hydrogen-bond acceptors (Lipinski definition) is 4. The van der Waals surface area contributed by atoms with Crippen molar-refractivity contribution in [1.29, 1.82) is 0 Å². The van der Waals surface area contributed by atoms with E-state index in [9.17, 15) is 14.0 Å². The molecule has 3 aromatic carbocycles. The quantitative estimate of drug-likeness (QED) is 0.637. The first-order valence-corrected chi connectivity index (χ1v) is 9.34. The van der Waals surface area contributed by atoms with E-state index in [0.29, 0.717) is 22.7 Å². The third kappa shape index (κ3) is 3.55. The first kappa shape index (κ1) is 19.4. The Bertz CT molecular complexity index is 1150. The van der Waals surface area contributed by atoms with Crippen LogP contribution in [-0.4, -0.2) is 18.9 Å². The Kier molecular flexibility index (Phi) is 5.06. The van der Waals surface area contributed by atoms with Crippen LogP contribution in [0.3, 0.4) is 0 Å². The van der Waals surface area contributed by atoms with Gasteiger partial charge in [0.05, 0.1) is 18.4 Å². The number of nitrogens with one attached hydrogen (secondary N) is 1. The molecule has 0 saturated carbocycles. The average molecular weight is 402 g/mol. The second-order valence-corrected chi connectivity index (χ2v) is 6.90. The summed E-state index contributed by atoms with van der Waals surface area (Å²) in [6, 6.07) is 19.7. The third-order valence-corrected chi connectivity index (χ3v) is 4.85. The number of imide groups is 1. The smallest absolute Gasteiger partial charge is 0.282 e. The molecule has 0 unspecified atom stereocenters. The highest BCUT2D eigenvalue weighted by molar-refractivity contribution is 6.46. The van der Waals surface area contributed by atoms with Gasteiger partial charge in [0, 0.05) is 11.8 Å². The number of carbonyl (C=O) groups is 2. The monoisotopic (exact) mass is 402 g/mol. The van der Waals surface area contributed by atoms with E-state index in [1.54, 1.807) is 24.3 Å². The molecule has 2 amide bonds. The van der Waals surface area contributed by atoms with Crippen LogP contribution in [0.5, 0.6) is 5.75 Å². The molecule has 0 aromatic heterocycles. The van der Waals surface area contributed by atoms with Crippen LogP contribution in [0.2, 0.25) is 0 Å². The molecule has 3 aromatic rings. The fourth-order valence-corrected chi connectivity index (χ4v) is 3.30. The number of benzene rings is 3. The summed E-state index contributed by atoms with van der Waals surface area (Å²) in [5.41, 5.74) is 2.91. The minimum Gasteiger partial charge on any atom is -0.497 e. The number of anilines is 2. The molecule has 0 bridgehead atoms. The maximum Gasteiger partial charge on any atom is 0.282 e. The van der Waals surface area contributed by atoms with Crippen LogP contribution in [0.4, 0.5) is 15.8 Å². The molecule has 30 heavy (non-hydrogen) atoms. The van der Waals surface area contributed by atoms with E-state index in [1.807, 2.05) is 31.2 Å². The van der Waals surface area contributed by atoms with Crippen molar-refractivity contribution in [1.82, 2.24) is 0 Å². The Labute approximate surface area is 173 Å². The molecule has 1 aliphatic rings. The molecule has 0 saturated heterocycles. The second-order valence-electron chi connectivity index (χ2n) is 6.90. The molecular weight excluding hydrogens is 383 g/mol. The van der Waals surface area contributed by atoms with Crippen LogP contribution < -0.4 is 15.0 Å². The van der Waals surface area contributed by atoms with E-state index in [2.05, 4.69) is 5.32 Å². The second kappa shape index (κ2) is 7.83. The van der Waals surface area contributed by atoms with Gasteiger partial charge in [0.1, 0.15) is 17.3 Å². The van der Waals surface area contributed by atoms with Gasteiger partial charge in [-0.2, -0.15) is 0 Å². The third-order valence-electron chi connectivity index (χ3n) is 4.85. The predicted molar refractivity (Wildman–Crippen MR) is 114 cm³/mol. The summed E-state index contributed by atoms with van der Waals surface area (Å²) < 4.78 is 18.7. The van der Waals surface area contributed by atoms with Gasteiger partial charge in [-0.3, -0.25) is 9.59 Å². The van der Waals surface area contributed by atoms with Gasteiger partial charge in [0.15, 0.2) is 0 Å². The Morgan fingerprint density at radius 1 is 0.900 bits per heavy atom. The van der Waals surface area contributed by atoms with Crippen molar-refractivity contribution in [2.24, 2.45) is 0 Å². The molecule has 0 spiro atoms. The number of amides is 2. The Hall–Kier alpha value is -3.93. The molecule has 1 aliphatic heterocycles. The summed E-state index contributed by atoms with van der Waals surface area (Å²) >= 11 is 0. The van der Waals surface area contributed by atoms with Crippen molar-refractivity contribution in [3.05, 3.63) is 95.4 Å². The van der Waals surface area contributed by atoms with E-state index in [1.165, 1.54) is 31.4 Å². The molecule has 1 heterocycles. The highest BCUT2D eigenvalue weighted by Gasteiger charge is 2.40. The lowest BCUT2D eigenvalue weighted by molar-refractivity contribution is -0.120. The lowest BCUT2D eigenvalue weighted by atomic mass is 10.0. The van der Waals surface area contributed by atoms with Crippen LogP contribution >= 0.6 is 0 Å². The summed E-state index contributed by atoms with van der Waals surface area (Å²) in [4.78, 5) is 27.7. The molecule has 6 heteroatoms. The minimum atomic E-state index is -0.492. The van der Waals surface area contributed by atoms with Crippen molar-refractivity contribution in [3.63, 3.8) is 0 Å².